The number of aryl methyl sites for hydroxylation is 1. The molecule has 1 aromatic heterocycles. The SMILES string of the molecule is CN(C)C(=O)N1Cc2ncn(C)c2[C@H](COCCN2CCOCC2)C1. The predicted molar refractivity (Wildman–Crippen MR) is 93.5 cm³/mol. The third kappa shape index (κ3) is 4.31. The normalized spacial score (nSPS) is 21.2. The van der Waals surface area contributed by atoms with Crippen molar-refractivity contribution < 1.29 is 14.3 Å². The van der Waals surface area contributed by atoms with Gasteiger partial charge < -0.3 is 23.8 Å². The monoisotopic (exact) mass is 351 g/mol. The van der Waals surface area contributed by atoms with Gasteiger partial charge in [-0.3, -0.25) is 4.90 Å². The number of fused-ring (bicyclic) bond motifs is 1. The summed E-state index contributed by atoms with van der Waals surface area (Å²) < 4.78 is 13.4. The van der Waals surface area contributed by atoms with Gasteiger partial charge in [0.2, 0.25) is 0 Å². The lowest BCUT2D eigenvalue weighted by Gasteiger charge is -2.34. The summed E-state index contributed by atoms with van der Waals surface area (Å²) >= 11 is 0. The molecule has 3 rings (SSSR count). The Morgan fingerprint density at radius 3 is 2.88 bits per heavy atom. The van der Waals surface area contributed by atoms with Gasteiger partial charge in [0.1, 0.15) is 0 Å². The van der Waals surface area contributed by atoms with Crippen LogP contribution in [-0.4, -0.2) is 97.0 Å². The molecule has 140 valence electrons. The summed E-state index contributed by atoms with van der Waals surface area (Å²) in [6, 6.07) is 0.0228. The van der Waals surface area contributed by atoms with Crippen molar-refractivity contribution in [1.82, 2.24) is 24.3 Å². The van der Waals surface area contributed by atoms with Gasteiger partial charge in [0, 0.05) is 58.9 Å². The minimum atomic E-state index is 0.0228. The maximum atomic E-state index is 12.4. The third-order valence-corrected chi connectivity index (χ3v) is 4.86. The Morgan fingerprint density at radius 2 is 2.16 bits per heavy atom. The van der Waals surface area contributed by atoms with E-state index in [0.29, 0.717) is 26.3 Å². The second kappa shape index (κ2) is 8.16. The van der Waals surface area contributed by atoms with Crippen LogP contribution in [0.2, 0.25) is 0 Å². The molecule has 3 heterocycles. The number of carbonyl (C=O) groups excluding carboxylic acids is 1. The van der Waals surface area contributed by atoms with E-state index < -0.39 is 0 Å². The molecule has 0 aliphatic carbocycles. The molecule has 8 nitrogen and oxygen atoms in total. The summed E-state index contributed by atoms with van der Waals surface area (Å²) in [7, 11) is 5.57. The highest BCUT2D eigenvalue weighted by Crippen LogP contribution is 2.28. The summed E-state index contributed by atoms with van der Waals surface area (Å²) in [5.74, 6) is 0.157. The van der Waals surface area contributed by atoms with Crippen LogP contribution >= 0.6 is 0 Å². The molecule has 8 heteroatoms. The minimum absolute atomic E-state index is 0.0228. The largest absolute Gasteiger partial charge is 0.379 e. The van der Waals surface area contributed by atoms with Crippen LogP contribution in [0.15, 0.2) is 6.33 Å². The molecular weight excluding hydrogens is 322 g/mol. The van der Waals surface area contributed by atoms with Crippen LogP contribution in [0.5, 0.6) is 0 Å². The van der Waals surface area contributed by atoms with Crippen molar-refractivity contribution in [1.29, 1.82) is 0 Å². The fourth-order valence-corrected chi connectivity index (χ4v) is 3.54. The Hall–Kier alpha value is -1.64. The topological polar surface area (TPSA) is 63.1 Å². The number of morpholine rings is 1. The molecule has 0 unspecified atom stereocenters. The van der Waals surface area contributed by atoms with Crippen molar-refractivity contribution in [3.8, 4) is 0 Å². The summed E-state index contributed by atoms with van der Waals surface area (Å²) in [5, 5.41) is 0. The van der Waals surface area contributed by atoms with Crippen LogP contribution < -0.4 is 0 Å². The van der Waals surface area contributed by atoms with Crippen LogP contribution in [0.4, 0.5) is 4.79 Å². The number of hydrogen-bond donors (Lipinski definition) is 0. The lowest BCUT2D eigenvalue weighted by atomic mass is 9.99. The smallest absolute Gasteiger partial charge is 0.319 e. The number of ether oxygens (including phenoxy) is 2. The molecule has 0 radical (unpaired) electrons. The number of imidazole rings is 1. The van der Waals surface area contributed by atoms with Gasteiger partial charge >= 0.3 is 6.03 Å². The molecule has 1 aromatic rings. The molecule has 0 spiro atoms. The van der Waals surface area contributed by atoms with Crippen LogP contribution in [0, 0.1) is 0 Å². The van der Waals surface area contributed by atoms with Gasteiger partial charge in [-0.25, -0.2) is 9.78 Å². The standard InChI is InChI=1S/C17H29N5O3/c1-19(2)17(23)22-10-14(16-15(11-22)18-13-20(16)3)12-25-9-6-21-4-7-24-8-5-21/h13-14H,4-12H2,1-3H3/t14-/m0/s1. The predicted octanol–water partition coefficient (Wildman–Crippen LogP) is 0.350. The third-order valence-electron chi connectivity index (χ3n) is 4.86. The van der Waals surface area contributed by atoms with Gasteiger partial charge in [-0.1, -0.05) is 0 Å². The first-order valence-electron chi connectivity index (χ1n) is 8.90. The molecule has 0 saturated carbocycles. The molecule has 25 heavy (non-hydrogen) atoms. The van der Waals surface area contributed by atoms with E-state index in [2.05, 4.69) is 14.5 Å². The molecule has 0 bridgehead atoms. The number of amides is 2. The lowest BCUT2D eigenvalue weighted by Crippen LogP contribution is -2.45. The summed E-state index contributed by atoms with van der Waals surface area (Å²) in [6.07, 6.45) is 1.83. The van der Waals surface area contributed by atoms with Gasteiger partial charge in [-0.15, -0.1) is 0 Å². The van der Waals surface area contributed by atoms with Gasteiger partial charge in [-0.05, 0) is 0 Å². The Bertz CT molecular complexity index is 583. The van der Waals surface area contributed by atoms with E-state index in [9.17, 15) is 4.79 Å². The van der Waals surface area contributed by atoms with Crippen molar-refractivity contribution >= 4 is 6.03 Å². The summed E-state index contributed by atoms with van der Waals surface area (Å²) in [5.41, 5.74) is 2.17. The molecule has 1 saturated heterocycles. The van der Waals surface area contributed by atoms with Gasteiger partial charge in [0.15, 0.2) is 0 Å². The molecular formula is C17H29N5O3. The number of hydrogen-bond acceptors (Lipinski definition) is 5. The fraction of sp³-hybridized carbons (Fsp3) is 0.765. The average Bonchev–Trinajstić information content (AvgIpc) is 3.00. The van der Waals surface area contributed by atoms with Gasteiger partial charge in [0.05, 0.1) is 45.0 Å². The Morgan fingerprint density at radius 1 is 1.40 bits per heavy atom. The average molecular weight is 351 g/mol. The quantitative estimate of drug-likeness (QED) is 0.717. The Balaban J connectivity index is 1.56. The summed E-state index contributed by atoms with van der Waals surface area (Å²) in [6.45, 7) is 7.03. The zero-order chi connectivity index (χ0) is 17.8. The van der Waals surface area contributed by atoms with Crippen molar-refractivity contribution in [3.63, 3.8) is 0 Å². The first-order chi connectivity index (χ1) is 12.1. The second-order valence-corrected chi connectivity index (χ2v) is 6.97. The fourth-order valence-electron chi connectivity index (χ4n) is 3.54. The number of nitrogens with zero attached hydrogens (tertiary/aromatic N) is 5. The molecule has 2 aliphatic rings. The zero-order valence-corrected chi connectivity index (χ0v) is 15.5. The molecule has 0 aromatic carbocycles. The van der Waals surface area contributed by atoms with Crippen molar-refractivity contribution in [2.45, 2.75) is 12.5 Å². The van der Waals surface area contributed by atoms with Crippen LogP contribution in [0.3, 0.4) is 0 Å². The van der Waals surface area contributed by atoms with Crippen molar-refractivity contribution in [3.05, 3.63) is 17.7 Å². The number of urea groups is 1. The maximum absolute atomic E-state index is 12.4. The first kappa shape index (κ1) is 18.2. The lowest BCUT2D eigenvalue weighted by molar-refractivity contribution is 0.0170. The number of rotatable bonds is 5. The molecule has 0 N–H and O–H groups in total. The molecule has 1 atom stereocenters. The van der Waals surface area contributed by atoms with E-state index in [1.807, 2.05) is 18.3 Å². The van der Waals surface area contributed by atoms with E-state index >= 15 is 0 Å². The Labute approximate surface area is 149 Å². The highest BCUT2D eigenvalue weighted by Gasteiger charge is 2.32. The summed E-state index contributed by atoms with van der Waals surface area (Å²) in [4.78, 5) is 22.7. The zero-order valence-electron chi connectivity index (χ0n) is 15.5. The maximum Gasteiger partial charge on any atom is 0.319 e. The molecule has 1 fully saturated rings. The number of carbonyl (C=O) groups is 1. The van der Waals surface area contributed by atoms with Crippen LogP contribution in [0.1, 0.15) is 17.3 Å². The van der Waals surface area contributed by atoms with Gasteiger partial charge in [-0.2, -0.15) is 0 Å². The van der Waals surface area contributed by atoms with Gasteiger partial charge in [0.25, 0.3) is 0 Å². The van der Waals surface area contributed by atoms with Crippen molar-refractivity contribution in [2.75, 3.05) is 66.7 Å². The highest BCUT2D eigenvalue weighted by atomic mass is 16.5. The first-order valence-corrected chi connectivity index (χ1v) is 8.90. The van der Waals surface area contributed by atoms with E-state index in [4.69, 9.17) is 9.47 Å². The molecule has 2 aliphatic heterocycles. The number of aromatic nitrogens is 2. The second-order valence-electron chi connectivity index (χ2n) is 6.97. The van der Waals surface area contributed by atoms with E-state index in [1.54, 1.807) is 19.0 Å². The van der Waals surface area contributed by atoms with E-state index in [-0.39, 0.29) is 11.9 Å². The Kier molecular flexibility index (Phi) is 5.93. The highest BCUT2D eigenvalue weighted by molar-refractivity contribution is 5.74. The van der Waals surface area contributed by atoms with Crippen LogP contribution in [0.25, 0.3) is 0 Å². The van der Waals surface area contributed by atoms with E-state index in [0.717, 1.165) is 38.5 Å². The van der Waals surface area contributed by atoms with Crippen molar-refractivity contribution in [2.24, 2.45) is 7.05 Å². The minimum Gasteiger partial charge on any atom is -0.379 e. The van der Waals surface area contributed by atoms with Crippen LogP contribution in [-0.2, 0) is 23.1 Å². The van der Waals surface area contributed by atoms with E-state index in [1.165, 1.54) is 5.69 Å². The molecule has 2 amide bonds.